The molecule has 0 spiro atoms. The fourth-order valence-corrected chi connectivity index (χ4v) is 7.67. The van der Waals surface area contributed by atoms with Gasteiger partial charge in [-0.15, -0.1) is 0 Å². The predicted molar refractivity (Wildman–Crippen MR) is 189 cm³/mol. The summed E-state index contributed by atoms with van der Waals surface area (Å²) < 4.78 is 13.2. The third kappa shape index (κ3) is 3.34. The van der Waals surface area contributed by atoms with Gasteiger partial charge in [0.15, 0.2) is 0 Å². The Bertz CT molecular complexity index is 2770. The number of rotatable bonds is 2. The SMILES string of the molecule is Cc1ccccc1-c1c2ccccc2c(-c2cc3ccc4oc5ccccc5c4c3c3c2oc2ccccc23)c2ccccc12. The van der Waals surface area contributed by atoms with Crippen LogP contribution in [0.2, 0.25) is 0 Å². The molecule has 210 valence electrons. The average Bonchev–Trinajstić information content (AvgIpc) is 3.66. The molecule has 0 saturated carbocycles. The minimum absolute atomic E-state index is 0.885. The summed E-state index contributed by atoms with van der Waals surface area (Å²) >= 11 is 0. The van der Waals surface area contributed by atoms with Crippen molar-refractivity contribution in [3.63, 3.8) is 0 Å². The Morgan fingerprint density at radius 2 is 0.889 bits per heavy atom. The number of benzene rings is 8. The highest BCUT2D eigenvalue weighted by molar-refractivity contribution is 6.34. The maximum Gasteiger partial charge on any atom is 0.143 e. The van der Waals surface area contributed by atoms with Gasteiger partial charge >= 0.3 is 0 Å². The van der Waals surface area contributed by atoms with Gasteiger partial charge in [0.1, 0.15) is 22.3 Å². The van der Waals surface area contributed by atoms with Crippen LogP contribution in [0, 0.1) is 6.92 Å². The van der Waals surface area contributed by atoms with Gasteiger partial charge in [-0.05, 0) is 74.8 Å². The highest BCUT2D eigenvalue weighted by Crippen LogP contribution is 2.50. The van der Waals surface area contributed by atoms with Crippen molar-refractivity contribution in [3.8, 4) is 22.3 Å². The lowest BCUT2D eigenvalue weighted by Gasteiger charge is -2.19. The van der Waals surface area contributed by atoms with E-state index < -0.39 is 0 Å². The summed E-state index contributed by atoms with van der Waals surface area (Å²) in [6.07, 6.45) is 0. The van der Waals surface area contributed by atoms with E-state index in [1.54, 1.807) is 0 Å². The third-order valence-electron chi connectivity index (χ3n) is 9.58. The van der Waals surface area contributed by atoms with Crippen LogP contribution < -0.4 is 0 Å². The van der Waals surface area contributed by atoms with Crippen LogP contribution in [0.1, 0.15) is 5.56 Å². The highest BCUT2D eigenvalue weighted by Gasteiger charge is 2.24. The Labute approximate surface area is 258 Å². The second-order valence-corrected chi connectivity index (χ2v) is 12.0. The van der Waals surface area contributed by atoms with Gasteiger partial charge in [0.05, 0.1) is 0 Å². The number of hydrogen-bond donors (Lipinski definition) is 0. The molecule has 45 heavy (non-hydrogen) atoms. The van der Waals surface area contributed by atoms with Crippen LogP contribution in [0.4, 0.5) is 0 Å². The Hall–Kier alpha value is -5.86. The van der Waals surface area contributed by atoms with E-state index in [4.69, 9.17) is 8.83 Å². The van der Waals surface area contributed by atoms with Crippen molar-refractivity contribution >= 4 is 76.2 Å². The van der Waals surface area contributed by atoms with Crippen LogP contribution in [-0.2, 0) is 0 Å². The lowest BCUT2D eigenvalue weighted by Crippen LogP contribution is -1.93. The summed E-state index contributed by atoms with van der Waals surface area (Å²) in [7, 11) is 0. The standard InChI is InChI=1S/C43H26O2/c1-25-12-2-3-13-27(25)39-28-14-4-6-16-30(28)40(31-17-7-5-15-29(31)39)34-24-26-22-23-37-41(32-18-8-10-20-35(32)44-37)38(26)42-33-19-9-11-21-36(33)45-43(34)42/h2-24H,1H3. The lowest BCUT2D eigenvalue weighted by molar-refractivity contribution is 0.669. The zero-order chi connectivity index (χ0) is 29.6. The maximum absolute atomic E-state index is 6.88. The van der Waals surface area contributed by atoms with Crippen LogP contribution in [-0.4, -0.2) is 0 Å². The van der Waals surface area contributed by atoms with E-state index >= 15 is 0 Å². The van der Waals surface area contributed by atoms with Gasteiger partial charge in [0.2, 0.25) is 0 Å². The number of fused-ring (bicyclic) bond motifs is 11. The topological polar surface area (TPSA) is 26.3 Å². The van der Waals surface area contributed by atoms with E-state index in [-0.39, 0.29) is 0 Å². The molecule has 0 aliphatic rings. The molecule has 2 nitrogen and oxygen atoms in total. The molecule has 0 atom stereocenters. The summed E-state index contributed by atoms with van der Waals surface area (Å²) in [5, 5.41) is 11.7. The normalized spacial score (nSPS) is 12.1. The summed E-state index contributed by atoms with van der Waals surface area (Å²) in [5.74, 6) is 0. The summed E-state index contributed by atoms with van der Waals surface area (Å²) in [5.41, 5.74) is 9.68. The van der Waals surface area contributed by atoms with Crippen LogP contribution in [0.25, 0.3) is 98.4 Å². The third-order valence-corrected chi connectivity index (χ3v) is 9.58. The average molecular weight is 575 g/mol. The first kappa shape index (κ1) is 24.6. The summed E-state index contributed by atoms with van der Waals surface area (Å²) in [4.78, 5) is 0. The Morgan fingerprint density at radius 1 is 0.378 bits per heavy atom. The Morgan fingerprint density at radius 3 is 1.53 bits per heavy atom. The zero-order valence-electron chi connectivity index (χ0n) is 24.6. The smallest absolute Gasteiger partial charge is 0.143 e. The van der Waals surface area contributed by atoms with Crippen LogP contribution >= 0.6 is 0 Å². The van der Waals surface area contributed by atoms with E-state index in [9.17, 15) is 0 Å². The van der Waals surface area contributed by atoms with E-state index in [1.165, 1.54) is 54.6 Å². The first-order valence-corrected chi connectivity index (χ1v) is 15.4. The molecule has 0 N–H and O–H groups in total. The van der Waals surface area contributed by atoms with Gasteiger partial charge in [-0.25, -0.2) is 0 Å². The lowest BCUT2D eigenvalue weighted by atomic mass is 9.84. The fourth-order valence-electron chi connectivity index (χ4n) is 7.67. The molecule has 0 saturated heterocycles. The number of aryl methyl sites for hydroxylation is 1. The largest absolute Gasteiger partial charge is 0.456 e. The van der Waals surface area contributed by atoms with E-state index in [2.05, 4.69) is 140 Å². The van der Waals surface area contributed by atoms with Crippen molar-refractivity contribution < 1.29 is 8.83 Å². The molecule has 8 aromatic carbocycles. The number of furan rings is 2. The number of para-hydroxylation sites is 2. The zero-order valence-corrected chi connectivity index (χ0v) is 24.6. The molecule has 0 unspecified atom stereocenters. The van der Waals surface area contributed by atoms with Gasteiger partial charge in [0, 0.05) is 38.1 Å². The minimum atomic E-state index is 0.885. The molecular formula is C43H26O2. The molecule has 10 rings (SSSR count). The predicted octanol–water partition coefficient (Wildman–Crippen LogP) is 12.6. The quantitative estimate of drug-likeness (QED) is 0.192. The molecule has 0 fully saturated rings. The Kier molecular flexibility index (Phi) is 4.95. The first-order chi connectivity index (χ1) is 22.3. The highest BCUT2D eigenvalue weighted by atomic mass is 16.3. The van der Waals surface area contributed by atoms with Crippen molar-refractivity contribution in [3.05, 3.63) is 145 Å². The first-order valence-electron chi connectivity index (χ1n) is 15.4. The summed E-state index contributed by atoms with van der Waals surface area (Å²) in [6, 6.07) is 49.8. The molecule has 2 aromatic heterocycles. The molecule has 10 aromatic rings. The number of hydrogen-bond acceptors (Lipinski definition) is 2. The van der Waals surface area contributed by atoms with Crippen LogP contribution in [0.3, 0.4) is 0 Å². The van der Waals surface area contributed by atoms with E-state index in [1.807, 2.05) is 6.07 Å². The van der Waals surface area contributed by atoms with Gasteiger partial charge in [-0.2, -0.15) is 0 Å². The van der Waals surface area contributed by atoms with Crippen LogP contribution in [0.5, 0.6) is 0 Å². The van der Waals surface area contributed by atoms with Crippen molar-refractivity contribution in [1.82, 2.24) is 0 Å². The molecule has 2 heterocycles. The molecule has 0 bridgehead atoms. The molecule has 2 heteroatoms. The van der Waals surface area contributed by atoms with Gasteiger partial charge in [-0.1, -0.05) is 115 Å². The molecule has 0 radical (unpaired) electrons. The van der Waals surface area contributed by atoms with E-state index in [0.717, 1.165) is 49.4 Å². The Balaban J connectivity index is 1.44. The molecule has 0 amide bonds. The van der Waals surface area contributed by atoms with Gasteiger partial charge in [0.25, 0.3) is 0 Å². The molecule has 0 aliphatic heterocycles. The summed E-state index contributed by atoms with van der Waals surface area (Å²) in [6.45, 7) is 2.20. The van der Waals surface area contributed by atoms with Crippen molar-refractivity contribution in [2.24, 2.45) is 0 Å². The van der Waals surface area contributed by atoms with Gasteiger partial charge in [-0.3, -0.25) is 0 Å². The second kappa shape index (κ2) is 9.07. The maximum atomic E-state index is 6.88. The van der Waals surface area contributed by atoms with E-state index in [0.29, 0.717) is 0 Å². The van der Waals surface area contributed by atoms with Crippen LogP contribution in [0.15, 0.2) is 148 Å². The van der Waals surface area contributed by atoms with Crippen molar-refractivity contribution in [2.45, 2.75) is 6.92 Å². The monoisotopic (exact) mass is 574 g/mol. The minimum Gasteiger partial charge on any atom is -0.456 e. The molecular weight excluding hydrogens is 548 g/mol. The van der Waals surface area contributed by atoms with Gasteiger partial charge < -0.3 is 8.83 Å². The second-order valence-electron chi connectivity index (χ2n) is 12.0. The molecule has 0 aliphatic carbocycles. The van der Waals surface area contributed by atoms with Crippen molar-refractivity contribution in [1.29, 1.82) is 0 Å². The van der Waals surface area contributed by atoms with Crippen molar-refractivity contribution in [2.75, 3.05) is 0 Å². The fraction of sp³-hybridized carbons (Fsp3) is 0.0233.